The monoisotopic (exact) mass is 304 g/mol. The highest BCUT2D eigenvalue weighted by molar-refractivity contribution is 9.10. The number of benzene rings is 1. The molecule has 0 fully saturated rings. The third-order valence-corrected chi connectivity index (χ3v) is 3.79. The molecule has 0 spiro atoms. The molecule has 4 heteroatoms. The average molecular weight is 305 g/mol. The Morgan fingerprint density at radius 3 is 2.78 bits per heavy atom. The van der Waals surface area contributed by atoms with Gasteiger partial charge in [0.05, 0.1) is 0 Å². The van der Waals surface area contributed by atoms with Crippen molar-refractivity contribution in [2.45, 2.75) is 12.8 Å². The molecule has 0 saturated heterocycles. The predicted octanol–water partition coefficient (Wildman–Crippen LogP) is 2.95. The van der Waals surface area contributed by atoms with Gasteiger partial charge in [0.2, 0.25) is 0 Å². The van der Waals surface area contributed by atoms with Crippen LogP contribution in [0.3, 0.4) is 0 Å². The van der Waals surface area contributed by atoms with Gasteiger partial charge in [-0.2, -0.15) is 0 Å². The number of nitrogens with zero attached hydrogens (tertiary/aromatic N) is 2. The Morgan fingerprint density at radius 1 is 1.28 bits per heavy atom. The van der Waals surface area contributed by atoms with E-state index in [-0.39, 0.29) is 0 Å². The quantitative estimate of drug-likeness (QED) is 0.823. The second-order valence-corrected chi connectivity index (χ2v) is 5.38. The highest BCUT2D eigenvalue weighted by atomic mass is 79.9. The summed E-state index contributed by atoms with van der Waals surface area (Å²) < 4.78 is 0.836. The number of hydrogen-bond acceptors (Lipinski definition) is 3. The molecule has 92 valence electrons. The van der Waals surface area contributed by atoms with Crippen LogP contribution in [0.15, 0.2) is 41.1 Å². The molecule has 3 rings (SSSR count). The molecule has 0 saturated carbocycles. The van der Waals surface area contributed by atoms with E-state index >= 15 is 0 Å². The largest absolute Gasteiger partial charge is 0.374 e. The summed E-state index contributed by atoms with van der Waals surface area (Å²) in [6, 6.07) is 10.1. The minimum absolute atomic E-state index is 0.475. The van der Waals surface area contributed by atoms with Crippen LogP contribution in [0.2, 0.25) is 0 Å². The normalized spacial score (nSPS) is 18.9. The van der Waals surface area contributed by atoms with Crippen molar-refractivity contribution >= 4 is 15.9 Å². The molecule has 0 bridgehead atoms. The zero-order valence-electron chi connectivity index (χ0n) is 9.97. The summed E-state index contributed by atoms with van der Waals surface area (Å²) in [4.78, 5) is 6.16. The molecule has 1 aliphatic heterocycles. The van der Waals surface area contributed by atoms with Crippen LogP contribution in [0.5, 0.6) is 0 Å². The van der Waals surface area contributed by atoms with E-state index in [4.69, 9.17) is 0 Å². The fourth-order valence-electron chi connectivity index (χ4n) is 2.31. The molecule has 1 atom stereocenters. The lowest BCUT2D eigenvalue weighted by Gasteiger charge is -2.12. The molecule has 0 amide bonds. The second-order valence-electron chi connectivity index (χ2n) is 4.57. The van der Waals surface area contributed by atoms with Gasteiger partial charge in [0.1, 0.15) is 10.8 Å². The van der Waals surface area contributed by atoms with Crippen LogP contribution >= 0.6 is 15.9 Å². The molecule has 2 heterocycles. The Balaban J connectivity index is 2.01. The van der Waals surface area contributed by atoms with Gasteiger partial charge in [0.25, 0.3) is 0 Å². The number of pyridine rings is 1. The van der Waals surface area contributed by atoms with Crippen LogP contribution < -0.4 is 0 Å². The SMILES string of the molecule is CN1Cc2cc(-c3ccc(Br)nc3)ccc2C1O. The van der Waals surface area contributed by atoms with Crippen LogP contribution in [0.1, 0.15) is 17.4 Å². The van der Waals surface area contributed by atoms with E-state index < -0.39 is 6.23 Å². The molecule has 1 aromatic carbocycles. The van der Waals surface area contributed by atoms with E-state index in [9.17, 15) is 5.11 Å². The van der Waals surface area contributed by atoms with Crippen molar-refractivity contribution in [2.24, 2.45) is 0 Å². The Labute approximate surface area is 114 Å². The first-order valence-electron chi connectivity index (χ1n) is 5.78. The van der Waals surface area contributed by atoms with Gasteiger partial charge in [-0.15, -0.1) is 0 Å². The highest BCUT2D eigenvalue weighted by Crippen LogP contribution is 2.33. The summed E-state index contributed by atoms with van der Waals surface area (Å²) in [5, 5.41) is 9.96. The van der Waals surface area contributed by atoms with Crippen LogP contribution in [-0.4, -0.2) is 22.0 Å². The standard InChI is InChI=1S/C14H13BrN2O/c1-17-8-11-6-9(2-4-12(11)14(17)18)10-3-5-13(15)16-7-10/h2-7,14,18H,8H2,1H3. The third-order valence-electron chi connectivity index (χ3n) is 3.32. The van der Waals surface area contributed by atoms with Crippen molar-refractivity contribution in [1.82, 2.24) is 9.88 Å². The van der Waals surface area contributed by atoms with Gasteiger partial charge >= 0.3 is 0 Å². The summed E-state index contributed by atoms with van der Waals surface area (Å²) in [7, 11) is 1.92. The maximum absolute atomic E-state index is 9.96. The Bertz CT molecular complexity index is 583. The van der Waals surface area contributed by atoms with E-state index in [0.717, 1.165) is 27.8 Å². The molecule has 2 aromatic rings. The van der Waals surface area contributed by atoms with Crippen molar-refractivity contribution in [3.63, 3.8) is 0 Å². The lowest BCUT2D eigenvalue weighted by Crippen LogP contribution is -2.15. The third kappa shape index (κ3) is 1.96. The van der Waals surface area contributed by atoms with Crippen LogP contribution in [0, 0.1) is 0 Å². The Kier molecular flexibility index (Phi) is 2.93. The van der Waals surface area contributed by atoms with Crippen molar-refractivity contribution < 1.29 is 5.11 Å². The van der Waals surface area contributed by atoms with Gasteiger partial charge in [-0.05, 0) is 51.8 Å². The first-order valence-corrected chi connectivity index (χ1v) is 6.57. The number of halogens is 1. The first-order chi connectivity index (χ1) is 8.65. The first kappa shape index (κ1) is 11.8. The molecule has 1 unspecified atom stereocenters. The van der Waals surface area contributed by atoms with Gasteiger partial charge < -0.3 is 5.11 Å². The fourth-order valence-corrected chi connectivity index (χ4v) is 2.55. The molecule has 3 nitrogen and oxygen atoms in total. The maximum Gasteiger partial charge on any atom is 0.133 e. The number of aliphatic hydroxyl groups excluding tert-OH is 1. The van der Waals surface area contributed by atoms with E-state index in [1.54, 1.807) is 0 Å². The molecule has 1 aromatic heterocycles. The van der Waals surface area contributed by atoms with E-state index in [2.05, 4.69) is 27.0 Å². The van der Waals surface area contributed by atoms with Crippen molar-refractivity contribution in [2.75, 3.05) is 7.05 Å². The molecular weight excluding hydrogens is 292 g/mol. The van der Waals surface area contributed by atoms with E-state index in [1.165, 1.54) is 5.56 Å². The van der Waals surface area contributed by atoms with Gasteiger partial charge in [-0.3, -0.25) is 4.90 Å². The van der Waals surface area contributed by atoms with Crippen molar-refractivity contribution in [3.05, 3.63) is 52.3 Å². The van der Waals surface area contributed by atoms with E-state index in [0.29, 0.717) is 0 Å². The van der Waals surface area contributed by atoms with Gasteiger partial charge in [0, 0.05) is 18.3 Å². The maximum atomic E-state index is 9.96. The van der Waals surface area contributed by atoms with E-state index in [1.807, 2.05) is 42.4 Å². The fraction of sp³-hybridized carbons (Fsp3) is 0.214. The summed E-state index contributed by atoms with van der Waals surface area (Å²) in [5.74, 6) is 0. The van der Waals surface area contributed by atoms with Crippen molar-refractivity contribution in [1.29, 1.82) is 0 Å². The molecule has 0 aliphatic carbocycles. The van der Waals surface area contributed by atoms with Crippen molar-refractivity contribution in [3.8, 4) is 11.1 Å². The summed E-state index contributed by atoms with van der Waals surface area (Å²) in [6.07, 6.45) is 1.37. The molecule has 0 radical (unpaired) electrons. The smallest absolute Gasteiger partial charge is 0.133 e. The van der Waals surface area contributed by atoms with Gasteiger partial charge in [-0.25, -0.2) is 4.98 Å². The topological polar surface area (TPSA) is 36.4 Å². The molecule has 1 aliphatic rings. The number of rotatable bonds is 1. The molecule has 1 N–H and O–H groups in total. The number of aliphatic hydroxyl groups is 1. The molecule has 18 heavy (non-hydrogen) atoms. The van der Waals surface area contributed by atoms with Crippen LogP contribution in [0.4, 0.5) is 0 Å². The summed E-state index contributed by atoms with van der Waals surface area (Å²) in [6.45, 7) is 0.786. The van der Waals surface area contributed by atoms with Crippen LogP contribution in [0.25, 0.3) is 11.1 Å². The van der Waals surface area contributed by atoms with Gasteiger partial charge in [0.15, 0.2) is 0 Å². The number of aromatic nitrogens is 1. The minimum atomic E-state index is -0.475. The second kappa shape index (κ2) is 4.46. The lowest BCUT2D eigenvalue weighted by atomic mass is 10.0. The zero-order chi connectivity index (χ0) is 12.7. The molecular formula is C14H13BrN2O. The zero-order valence-corrected chi connectivity index (χ0v) is 11.6. The lowest BCUT2D eigenvalue weighted by molar-refractivity contribution is 0.0337. The van der Waals surface area contributed by atoms with Crippen LogP contribution in [-0.2, 0) is 6.54 Å². The minimum Gasteiger partial charge on any atom is -0.374 e. The summed E-state index contributed by atoms with van der Waals surface area (Å²) >= 11 is 3.33. The number of hydrogen-bond donors (Lipinski definition) is 1. The summed E-state index contributed by atoms with van der Waals surface area (Å²) in [5.41, 5.74) is 4.41. The predicted molar refractivity (Wildman–Crippen MR) is 73.8 cm³/mol. The Morgan fingerprint density at radius 2 is 2.06 bits per heavy atom. The highest BCUT2D eigenvalue weighted by Gasteiger charge is 2.25. The number of fused-ring (bicyclic) bond motifs is 1. The Hall–Kier alpha value is -1.23. The van der Waals surface area contributed by atoms with Gasteiger partial charge in [-0.1, -0.05) is 18.2 Å². The average Bonchev–Trinajstić information content (AvgIpc) is 2.65.